The molecule has 2 aromatic heterocycles. The highest BCUT2D eigenvalue weighted by atomic mass is 32.2. The molecule has 0 saturated heterocycles. The number of nitrogens with zero attached hydrogens (tertiary/aromatic N) is 4. The van der Waals surface area contributed by atoms with Gasteiger partial charge in [0.15, 0.2) is 5.69 Å². The Balaban J connectivity index is 2.43. The summed E-state index contributed by atoms with van der Waals surface area (Å²) >= 11 is 0. The minimum Gasteiger partial charge on any atom is -0.354 e. The topological polar surface area (TPSA) is 111 Å². The SMILES string of the molecule is CCn1cc(NS(=O)(=O)c2cn(C)nc2C)c(C(=O)NC)n1. The fraction of sp³-hybridized carbons (Fsp3) is 0.417. The molecule has 2 aromatic rings. The molecule has 0 bridgehead atoms. The van der Waals surface area contributed by atoms with Gasteiger partial charge < -0.3 is 5.32 Å². The first kappa shape index (κ1) is 16.0. The van der Waals surface area contributed by atoms with Gasteiger partial charge in [0.1, 0.15) is 4.90 Å². The van der Waals surface area contributed by atoms with Crippen LogP contribution in [0.15, 0.2) is 17.3 Å². The summed E-state index contributed by atoms with van der Waals surface area (Å²) in [6.07, 6.45) is 2.88. The first-order chi connectivity index (χ1) is 10.3. The lowest BCUT2D eigenvalue weighted by molar-refractivity contribution is 0.0958. The van der Waals surface area contributed by atoms with Crippen molar-refractivity contribution in [2.45, 2.75) is 25.3 Å². The fourth-order valence-electron chi connectivity index (χ4n) is 1.99. The van der Waals surface area contributed by atoms with Crippen LogP contribution < -0.4 is 10.0 Å². The zero-order valence-corrected chi connectivity index (χ0v) is 13.6. The van der Waals surface area contributed by atoms with E-state index in [4.69, 9.17) is 0 Å². The molecule has 22 heavy (non-hydrogen) atoms. The standard InChI is InChI=1S/C12H18N6O3S/c1-5-18-6-9(11(15-18)12(19)13-3)16-22(20,21)10-7-17(4)14-8(10)2/h6-7,16H,5H2,1-4H3,(H,13,19). The van der Waals surface area contributed by atoms with E-state index < -0.39 is 15.9 Å². The molecule has 2 rings (SSSR count). The Hall–Kier alpha value is -2.36. The number of nitrogens with one attached hydrogen (secondary N) is 2. The van der Waals surface area contributed by atoms with Crippen LogP contribution in [-0.2, 0) is 23.6 Å². The number of sulfonamides is 1. The lowest BCUT2D eigenvalue weighted by Gasteiger charge is -2.06. The normalized spacial score (nSPS) is 11.5. The van der Waals surface area contributed by atoms with Crippen LogP contribution >= 0.6 is 0 Å². The second kappa shape index (κ2) is 5.79. The second-order valence-corrected chi connectivity index (χ2v) is 6.33. The average molecular weight is 326 g/mol. The number of hydrogen-bond acceptors (Lipinski definition) is 5. The fourth-order valence-corrected chi connectivity index (χ4v) is 3.26. The van der Waals surface area contributed by atoms with Gasteiger partial charge >= 0.3 is 0 Å². The Morgan fingerprint density at radius 2 is 2.00 bits per heavy atom. The number of anilines is 1. The van der Waals surface area contributed by atoms with Crippen LogP contribution in [0.25, 0.3) is 0 Å². The maximum absolute atomic E-state index is 12.5. The third-order valence-electron chi connectivity index (χ3n) is 3.03. The van der Waals surface area contributed by atoms with E-state index in [9.17, 15) is 13.2 Å². The van der Waals surface area contributed by atoms with Crippen molar-refractivity contribution in [2.24, 2.45) is 7.05 Å². The molecule has 0 saturated carbocycles. The number of amides is 1. The van der Waals surface area contributed by atoms with Gasteiger partial charge in [-0.2, -0.15) is 10.2 Å². The summed E-state index contributed by atoms with van der Waals surface area (Å²) in [6.45, 7) is 3.95. The molecule has 120 valence electrons. The van der Waals surface area contributed by atoms with Gasteiger partial charge in [-0.15, -0.1) is 0 Å². The summed E-state index contributed by atoms with van der Waals surface area (Å²) in [6, 6.07) is 0. The molecule has 9 nitrogen and oxygen atoms in total. The van der Waals surface area contributed by atoms with Gasteiger partial charge in [0.2, 0.25) is 0 Å². The van der Waals surface area contributed by atoms with Crippen molar-refractivity contribution in [2.75, 3.05) is 11.8 Å². The summed E-state index contributed by atoms with van der Waals surface area (Å²) in [5, 5.41) is 10.5. The Kier molecular flexibility index (Phi) is 4.22. The van der Waals surface area contributed by atoms with E-state index in [0.29, 0.717) is 12.2 Å². The highest BCUT2D eigenvalue weighted by Crippen LogP contribution is 2.21. The predicted octanol–water partition coefficient (Wildman–Crippen LogP) is 0.105. The summed E-state index contributed by atoms with van der Waals surface area (Å²) < 4.78 is 30.2. The molecule has 2 N–H and O–H groups in total. The van der Waals surface area contributed by atoms with Gasteiger partial charge in [-0.1, -0.05) is 0 Å². The second-order valence-electron chi connectivity index (χ2n) is 4.68. The molecular weight excluding hydrogens is 308 g/mol. The van der Waals surface area contributed by atoms with E-state index in [1.165, 1.54) is 28.8 Å². The van der Waals surface area contributed by atoms with Crippen molar-refractivity contribution in [3.05, 3.63) is 23.8 Å². The van der Waals surface area contributed by atoms with Crippen molar-refractivity contribution < 1.29 is 13.2 Å². The number of carbonyl (C=O) groups excluding carboxylic acids is 1. The minimum atomic E-state index is -3.85. The number of rotatable bonds is 5. The van der Waals surface area contributed by atoms with Crippen LogP contribution in [-0.4, -0.2) is 40.9 Å². The first-order valence-corrected chi connectivity index (χ1v) is 8.09. The molecule has 0 aromatic carbocycles. The molecule has 2 heterocycles. The van der Waals surface area contributed by atoms with Crippen LogP contribution in [0.5, 0.6) is 0 Å². The van der Waals surface area contributed by atoms with E-state index in [1.807, 2.05) is 6.92 Å². The molecular formula is C12H18N6O3S. The Bertz CT molecular complexity index is 805. The number of aryl methyl sites for hydroxylation is 3. The Morgan fingerprint density at radius 3 is 2.50 bits per heavy atom. The molecule has 0 atom stereocenters. The summed E-state index contributed by atoms with van der Waals surface area (Å²) in [5.41, 5.74) is 0.526. The lowest BCUT2D eigenvalue weighted by atomic mass is 10.3. The lowest BCUT2D eigenvalue weighted by Crippen LogP contribution is -2.21. The quantitative estimate of drug-likeness (QED) is 0.810. The number of hydrogen-bond donors (Lipinski definition) is 2. The first-order valence-electron chi connectivity index (χ1n) is 6.61. The van der Waals surface area contributed by atoms with Crippen LogP contribution in [0.2, 0.25) is 0 Å². The molecule has 0 aliphatic rings. The molecule has 0 aliphatic heterocycles. The van der Waals surface area contributed by atoms with Gasteiger partial charge in [0, 0.05) is 33.0 Å². The van der Waals surface area contributed by atoms with Crippen molar-refractivity contribution in [1.29, 1.82) is 0 Å². The maximum atomic E-state index is 12.5. The van der Waals surface area contributed by atoms with Gasteiger partial charge in [-0.3, -0.25) is 18.9 Å². The van der Waals surface area contributed by atoms with E-state index in [-0.39, 0.29) is 16.3 Å². The summed E-state index contributed by atoms with van der Waals surface area (Å²) in [4.78, 5) is 11.9. The third kappa shape index (κ3) is 2.96. The van der Waals surface area contributed by atoms with Crippen LogP contribution in [0, 0.1) is 6.92 Å². The molecule has 10 heteroatoms. The van der Waals surface area contributed by atoms with Crippen molar-refractivity contribution in [3.8, 4) is 0 Å². The van der Waals surface area contributed by atoms with E-state index in [0.717, 1.165) is 0 Å². The minimum absolute atomic E-state index is 0.0227. The monoisotopic (exact) mass is 326 g/mol. The van der Waals surface area contributed by atoms with Gasteiger partial charge in [-0.25, -0.2) is 8.42 Å². The molecule has 0 aliphatic carbocycles. The third-order valence-corrected chi connectivity index (χ3v) is 4.50. The van der Waals surface area contributed by atoms with Crippen LogP contribution in [0.1, 0.15) is 23.1 Å². The zero-order chi connectivity index (χ0) is 16.5. The van der Waals surface area contributed by atoms with Crippen LogP contribution in [0.3, 0.4) is 0 Å². The molecule has 0 unspecified atom stereocenters. The molecule has 0 radical (unpaired) electrons. The van der Waals surface area contributed by atoms with Gasteiger partial charge in [0.25, 0.3) is 15.9 Å². The average Bonchev–Trinajstić information content (AvgIpc) is 3.00. The Labute approximate surface area is 128 Å². The van der Waals surface area contributed by atoms with Crippen LogP contribution in [0.4, 0.5) is 5.69 Å². The van der Waals surface area contributed by atoms with Gasteiger partial charge in [-0.05, 0) is 13.8 Å². The van der Waals surface area contributed by atoms with Crippen molar-refractivity contribution >= 4 is 21.6 Å². The summed E-state index contributed by atoms with van der Waals surface area (Å²) in [5.74, 6) is -0.465. The highest BCUT2D eigenvalue weighted by molar-refractivity contribution is 7.92. The number of carbonyl (C=O) groups is 1. The Morgan fingerprint density at radius 1 is 1.32 bits per heavy atom. The molecule has 1 amide bonds. The highest BCUT2D eigenvalue weighted by Gasteiger charge is 2.24. The van der Waals surface area contributed by atoms with Crippen molar-refractivity contribution in [3.63, 3.8) is 0 Å². The van der Waals surface area contributed by atoms with E-state index in [2.05, 4.69) is 20.2 Å². The smallest absolute Gasteiger partial charge is 0.273 e. The molecule has 0 spiro atoms. The van der Waals surface area contributed by atoms with Crippen molar-refractivity contribution in [1.82, 2.24) is 24.9 Å². The predicted molar refractivity (Wildman–Crippen MR) is 80.0 cm³/mol. The molecule has 0 fully saturated rings. The largest absolute Gasteiger partial charge is 0.354 e. The number of aromatic nitrogens is 4. The zero-order valence-electron chi connectivity index (χ0n) is 12.8. The summed E-state index contributed by atoms with van der Waals surface area (Å²) in [7, 11) is -0.758. The van der Waals surface area contributed by atoms with E-state index >= 15 is 0 Å². The van der Waals surface area contributed by atoms with Gasteiger partial charge in [0.05, 0.1) is 11.4 Å². The van der Waals surface area contributed by atoms with E-state index in [1.54, 1.807) is 14.0 Å². The maximum Gasteiger partial charge on any atom is 0.273 e.